The molecule has 1 saturated carbocycles. The van der Waals surface area contributed by atoms with Crippen LogP contribution in [0.3, 0.4) is 0 Å². The maximum Gasteiger partial charge on any atom is 0.177 e. The number of Topliss-reactive ketones (excluding diaryl/α,β-unsaturated/α-hetero) is 1. The maximum absolute atomic E-state index is 12.0. The molecule has 0 aliphatic heterocycles. The van der Waals surface area contributed by atoms with Crippen LogP contribution in [0.5, 0.6) is 0 Å². The Balaban J connectivity index is 2.26. The van der Waals surface area contributed by atoms with Crippen LogP contribution in [-0.4, -0.2) is 27.0 Å². The number of ketones is 1. The molecule has 1 fully saturated rings. The lowest BCUT2D eigenvalue weighted by atomic mass is 9.82. The van der Waals surface area contributed by atoms with Gasteiger partial charge in [0, 0.05) is 18.4 Å². The molecular weight excluding hydrogens is 310 g/mol. The van der Waals surface area contributed by atoms with Crippen LogP contribution < -0.4 is 5.32 Å². The van der Waals surface area contributed by atoms with E-state index in [9.17, 15) is 13.2 Å². The van der Waals surface area contributed by atoms with Crippen molar-refractivity contribution in [3.05, 3.63) is 23.8 Å². The molecule has 4 nitrogen and oxygen atoms in total. The molecule has 128 valence electrons. The molecule has 5 heteroatoms. The van der Waals surface area contributed by atoms with Gasteiger partial charge in [-0.2, -0.15) is 0 Å². The van der Waals surface area contributed by atoms with Crippen LogP contribution in [0.2, 0.25) is 0 Å². The summed E-state index contributed by atoms with van der Waals surface area (Å²) in [7, 11) is -3.33. The van der Waals surface area contributed by atoms with E-state index in [0.717, 1.165) is 19.4 Å². The molecule has 1 aromatic rings. The van der Waals surface area contributed by atoms with Gasteiger partial charge in [-0.15, -0.1) is 0 Å². The van der Waals surface area contributed by atoms with Gasteiger partial charge in [0.15, 0.2) is 15.6 Å². The topological polar surface area (TPSA) is 63.2 Å². The van der Waals surface area contributed by atoms with Crippen LogP contribution in [0.15, 0.2) is 23.1 Å². The Morgan fingerprint density at radius 1 is 1.17 bits per heavy atom. The van der Waals surface area contributed by atoms with Gasteiger partial charge in [0.2, 0.25) is 0 Å². The SMILES string of the molecule is CC(=O)c1ccc(S(C)(=O)=O)c(NCC2(C)CCCCCC2)c1. The standard InChI is InChI=1S/C18H27NO3S/c1-14(20)15-8-9-17(23(3,21)22)16(12-15)19-13-18(2)10-6-4-5-7-11-18/h8-9,12,19H,4-7,10-11,13H2,1-3H3. The van der Waals surface area contributed by atoms with E-state index in [1.54, 1.807) is 12.1 Å². The van der Waals surface area contributed by atoms with Gasteiger partial charge in [-0.25, -0.2) is 8.42 Å². The number of nitrogens with one attached hydrogen (secondary N) is 1. The number of carbonyl (C=O) groups excluding carboxylic acids is 1. The fraction of sp³-hybridized carbons (Fsp3) is 0.611. The van der Waals surface area contributed by atoms with Crippen molar-refractivity contribution in [3.8, 4) is 0 Å². The zero-order valence-corrected chi connectivity index (χ0v) is 15.1. The molecule has 1 aliphatic carbocycles. The van der Waals surface area contributed by atoms with Crippen LogP contribution in [0.4, 0.5) is 5.69 Å². The van der Waals surface area contributed by atoms with Gasteiger partial charge in [-0.3, -0.25) is 4.79 Å². The molecular formula is C18H27NO3S. The van der Waals surface area contributed by atoms with Gasteiger partial charge in [-0.1, -0.05) is 32.6 Å². The number of hydrogen-bond acceptors (Lipinski definition) is 4. The van der Waals surface area contributed by atoms with Gasteiger partial charge >= 0.3 is 0 Å². The van der Waals surface area contributed by atoms with Crippen LogP contribution in [0.25, 0.3) is 0 Å². The number of anilines is 1. The van der Waals surface area contributed by atoms with Crippen molar-refractivity contribution in [1.29, 1.82) is 0 Å². The van der Waals surface area contributed by atoms with Crippen LogP contribution >= 0.6 is 0 Å². The summed E-state index contributed by atoms with van der Waals surface area (Å²) >= 11 is 0. The molecule has 1 N–H and O–H groups in total. The third-order valence-corrected chi connectivity index (χ3v) is 5.96. The first-order chi connectivity index (χ1) is 10.7. The van der Waals surface area contributed by atoms with Crippen molar-refractivity contribution in [3.63, 3.8) is 0 Å². The Bertz CT molecular complexity index is 672. The van der Waals surface area contributed by atoms with Crippen molar-refractivity contribution in [2.45, 2.75) is 57.3 Å². The molecule has 0 unspecified atom stereocenters. The summed E-state index contributed by atoms with van der Waals surface area (Å²) in [5, 5.41) is 3.32. The van der Waals surface area contributed by atoms with Gasteiger partial charge in [0.05, 0.1) is 10.6 Å². The van der Waals surface area contributed by atoms with E-state index in [2.05, 4.69) is 12.2 Å². The van der Waals surface area contributed by atoms with E-state index in [4.69, 9.17) is 0 Å². The lowest BCUT2D eigenvalue weighted by Gasteiger charge is -2.29. The number of sulfone groups is 1. The summed E-state index contributed by atoms with van der Waals surface area (Å²) in [5.41, 5.74) is 1.26. The first-order valence-corrected chi connectivity index (χ1v) is 10.2. The molecule has 0 saturated heterocycles. The summed E-state index contributed by atoms with van der Waals surface area (Å²) in [5.74, 6) is -0.0613. The monoisotopic (exact) mass is 337 g/mol. The van der Waals surface area contributed by atoms with E-state index in [1.165, 1.54) is 44.9 Å². The Morgan fingerprint density at radius 3 is 2.30 bits per heavy atom. The van der Waals surface area contributed by atoms with E-state index in [1.807, 2.05) is 0 Å². The number of hydrogen-bond donors (Lipinski definition) is 1. The minimum Gasteiger partial charge on any atom is -0.383 e. The smallest absolute Gasteiger partial charge is 0.177 e. The van der Waals surface area contributed by atoms with Crippen molar-refractivity contribution in [1.82, 2.24) is 0 Å². The molecule has 23 heavy (non-hydrogen) atoms. The molecule has 0 radical (unpaired) electrons. The molecule has 1 aliphatic rings. The Morgan fingerprint density at radius 2 is 1.78 bits per heavy atom. The van der Waals surface area contributed by atoms with Crippen LogP contribution in [0, 0.1) is 5.41 Å². The molecule has 0 aromatic heterocycles. The van der Waals surface area contributed by atoms with Crippen molar-refractivity contribution < 1.29 is 13.2 Å². The average Bonchev–Trinajstić information content (AvgIpc) is 2.69. The van der Waals surface area contributed by atoms with Gasteiger partial charge in [-0.05, 0) is 43.4 Å². The second-order valence-electron chi connectivity index (χ2n) is 7.12. The zero-order valence-electron chi connectivity index (χ0n) is 14.3. The van der Waals surface area contributed by atoms with Gasteiger partial charge in [0.1, 0.15) is 0 Å². The molecule has 1 aromatic carbocycles. The Labute approximate surface area is 139 Å². The average molecular weight is 337 g/mol. The lowest BCUT2D eigenvalue weighted by molar-refractivity contribution is 0.101. The minimum absolute atomic E-state index is 0.0613. The van der Waals surface area contributed by atoms with Crippen LogP contribution in [-0.2, 0) is 9.84 Å². The maximum atomic E-state index is 12.0. The molecule has 0 bridgehead atoms. The largest absolute Gasteiger partial charge is 0.383 e. The summed E-state index contributed by atoms with van der Waals surface area (Å²) in [6.07, 6.45) is 8.53. The summed E-state index contributed by atoms with van der Waals surface area (Å²) in [4.78, 5) is 11.9. The molecule has 2 rings (SSSR count). The number of rotatable bonds is 5. The van der Waals surface area contributed by atoms with Crippen molar-refractivity contribution >= 4 is 21.3 Å². The third kappa shape index (κ3) is 4.80. The van der Waals surface area contributed by atoms with E-state index in [-0.39, 0.29) is 16.1 Å². The second kappa shape index (κ2) is 7.04. The summed E-state index contributed by atoms with van der Waals surface area (Å²) in [6, 6.07) is 4.78. The second-order valence-corrected chi connectivity index (χ2v) is 9.10. The molecule has 0 heterocycles. The predicted molar refractivity (Wildman–Crippen MR) is 93.9 cm³/mol. The first-order valence-electron chi connectivity index (χ1n) is 8.30. The highest BCUT2D eigenvalue weighted by Gasteiger charge is 2.26. The highest BCUT2D eigenvalue weighted by atomic mass is 32.2. The fourth-order valence-corrected chi connectivity index (χ4v) is 4.12. The number of benzene rings is 1. The van der Waals surface area contributed by atoms with Crippen LogP contribution in [0.1, 0.15) is 62.7 Å². The highest BCUT2D eigenvalue weighted by molar-refractivity contribution is 7.90. The van der Waals surface area contributed by atoms with Crippen molar-refractivity contribution in [2.75, 3.05) is 18.1 Å². The normalized spacial score (nSPS) is 18.2. The van der Waals surface area contributed by atoms with Gasteiger partial charge < -0.3 is 5.32 Å². The van der Waals surface area contributed by atoms with Gasteiger partial charge in [0.25, 0.3) is 0 Å². The van der Waals surface area contributed by atoms with E-state index >= 15 is 0 Å². The number of carbonyl (C=O) groups is 1. The Kier molecular flexibility index (Phi) is 5.50. The predicted octanol–water partition coefficient (Wildman–Crippen LogP) is 4.07. The lowest BCUT2D eigenvalue weighted by Crippen LogP contribution is -2.26. The third-order valence-electron chi connectivity index (χ3n) is 4.80. The fourth-order valence-electron chi connectivity index (χ4n) is 3.28. The summed E-state index contributed by atoms with van der Waals surface area (Å²) in [6.45, 7) is 4.49. The zero-order chi connectivity index (χ0) is 17.1. The first kappa shape index (κ1) is 18.0. The Hall–Kier alpha value is -1.36. The highest BCUT2D eigenvalue weighted by Crippen LogP contribution is 2.35. The molecule has 0 amide bonds. The minimum atomic E-state index is -3.33. The molecule has 0 spiro atoms. The van der Waals surface area contributed by atoms with Crippen molar-refractivity contribution in [2.24, 2.45) is 5.41 Å². The van der Waals surface area contributed by atoms with E-state index in [0.29, 0.717) is 11.3 Å². The summed E-state index contributed by atoms with van der Waals surface area (Å²) < 4.78 is 24.0. The van der Waals surface area contributed by atoms with E-state index < -0.39 is 9.84 Å². The quantitative estimate of drug-likeness (QED) is 0.650. The molecule has 0 atom stereocenters.